The Bertz CT molecular complexity index is 463. The molecule has 0 aliphatic carbocycles. The molecule has 0 amide bonds. The monoisotopic (exact) mass is 237 g/mol. The Kier molecular flexibility index (Phi) is 2.64. The van der Waals surface area contributed by atoms with Crippen LogP contribution < -0.4 is 4.90 Å². The van der Waals surface area contributed by atoms with Crippen LogP contribution in [0.25, 0.3) is 0 Å². The quantitative estimate of drug-likeness (QED) is 0.852. The van der Waals surface area contributed by atoms with E-state index in [1.807, 2.05) is 7.05 Å². The average Bonchev–Trinajstić information content (AvgIpc) is 2.65. The molecule has 0 aromatic carbocycles. The summed E-state index contributed by atoms with van der Waals surface area (Å²) in [5, 5.41) is 13.5. The maximum atomic E-state index is 11.3. The molecule has 1 N–H and O–H groups in total. The number of aromatic carboxylic acids is 1. The molecule has 17 heavy (non-hydrogen) atoms. The van der Waals surface area contributed by atoms with Crippen LogP contribution in [0, 0.1) is 6.92 Å². The maximum Gasteiger partial charge on any atom is 0.341 e. The second kappa shape index (κ2) is 3.75. The molecular weight excluding hydrogens is 218 g/mol. The van der Waals surface area contributed by atoms with Gasteiger partial charge in [-0.3, -0.25) is 4.68 Å². The molecular formula is C12H19N3O2. The topological polar surface area (TPSA) is 58.4 Å². The van der Waals surface area contributed by atoms with Gasteiger partial charge in [-0.25, -0.2) is 4.79 Å². The Hall–Kier alpha value is -1.52. The number of rotatable bonds is 2. The van der Waals surface area contributed by atoms with E-state index in [9.17, 15) is 9.90 Å². The summed E-state index contributed by atoms with van der Waals surface area (Å²) in [7, 11) is 1.81. The average molecular weight is 237 g/mol. The third-order valence-corrected chi connectivity index (χ3v) is 3.56. The fourth-order valence-electron chi connectivity index (χ4n) is 2.71. The normalized spacial score (nSPS) is 18.7. The molecule has 2 rings (SSSR count). The van der Waals surface area contributed by atoms with Crippen LogP contribution in [0.5, 0.6) is 0 Å². The summed E-state index contributed by atoms with van der Waals surface area (Å²) in [6.45, 7) is 6.93. The van der Waals surface area contributed by atoms with E-state index in [0.29, 0.717) is 11.3 Å². The number of carboxylic acids is 1. The van der Waals surface area contributed by atoms with Crippen LogP contribution in [0.15, 0.2) is 0 Å². The smallest absolute Gasteiger partial charge is 0.341 e. The fourth-order valence-corrected chi connectivity index (χ4v) is 2.71. The highest BCUT2D eigenvalue weighted by Crippen LogP contribution is 2.36. The molecule has 1 saturated heterocycles. The summed E-state index contributed by atoms with van der Waals surface area (Å²) in [5.74, 6) is -0.161. The summed E-state index contributed by atoms with van der Waals surface area (Å²) in [6.07, 6.45) is 2.17. The molecule has 1 fully saturated rings. The number of carbonyl (C=O) groups is 1. The highest BCUT2D eigenvalue weighted by molar-refractivity contribution is 5.95. The largest absolute Gasteiger partial charge is 0.477 e. The Labute approximate surface area is 101 Å². The van der Waals surface area contributed by atoms with Crippen LogP contribution in [0.2, 0.25) is 0 Å². The van der Waals surface area contributed by atoms with E-state index < -0.39 is 5.97 Å². The van der Waals surface area contributed by atoms with E-state index in [2.05, 4.69) is 23.8 Å². The molecule has 5 nitrogen and oxygen atoms in total. The predicted octanol–water partition coefficient (Wildman–Crippen LogP) is 1.81. The molecule has 0 atom stereocenters. The van der Waals surface area contributed by atoms with Crippen LogP contribution in [-0.4, -0.2) is 32.9 Å². The lowest BCUT2D eigenvalue weighted by molar-refractivity contribution is 0.0696. The van der Waals surface area contributed by atoms with Gasteiger partial charge in [0.2, 0.25) is 0 Å². The molecule has 5 heteroatoms. The van der Waals surface area contributed by atoms with E-state index in [0.717, 1.165) is 25.2 Å². The second-order valence-electron chi connectivity index (χ2n) is 5.28. The van der Waals surface area contributed by atoms with Crippen molar-refractivity contribution in [1.29, 1.82) is 0 Å². The zero-order valence-electron chi connectivity index (χ0n) is 10.8. The van der Waals surface area contributed by atoms with E-state index in [1.165, 1.54) is 0 Å². The van der Waals surface area contributed by atoms with Crippen molar-refractivity contribution in [3.05, 3.63) is 11.3 Å². The summed E-state index contributed by atoms with van der Waals surface area (Å²) >= 11 is 0. The molecule has 0 radical (unpaired) electrons. The van der Waals surface area contributed by atoms with Crippen molar-refractivity contribution in [2.75, 3.05) is 11.4 Å². The van der Waals surface area contributed by atoms with Gasteiger partial charge < -0.3 is 10.0 Å². The minimum atomic E-state index is -0.895. The third kappa shape index (κ3) is 1.79. The van der Waals surface area contributed by atoms with Gasteiger partial charge in [-0.1, -0.05) is 0 Å². The van der Waals surface area contributed by atoms with E-state index >= 15 is 0 Å². The summed E-state index contributed by atoms with van der Waals surface area (Å²) in [4.78, 5) is 13.5. The number of carboxylic acid groups (broad SMARTS) is 1. The van der Waals surface area contributed by atoms with E-state index in [1.54, 1.807) is 11.6 Å². The van der Waals surface area contributed by atoms with Crippen molar-refractivity contribution in [2.45, 2.75) is 39.2 Å². The van der Waals surface area contributed by atoms with Crippen molar-refractivity contribution >= 4 is 11.8 Å². The van der Waals surface area contributed by atoms with Gasteiger partial charge in [0.25, 0.3) is 0 Å². The van der Waals surface area contributed by atoms with Gasteiger partial charge >= 0.3 is 5.97 Å². The number of aromatic nitrogens is 2. The van der Waals surface area contributed by atoms with Crippen molar-refractivity contribution in [3.8, 4) is 0 Å². The fraction of sp³-hybridized carbons (Fsp3) is 0.667. The first kappa shape index (κ1) is 12.0. The highest BCUT2D eigenvalue weighted by atomic mass is 16.4. The molecule has 1 aromatic heterocycles. The number of nitrogens with zero attached hydrogens (tertiary/aromatic N) is 3. The molecule has 2 heterocycles. The van der Waals surface area contributed by atoms with Gasteiger partial charge in [0, 0.05) is 19.1 Å². The Balaban J connectivity index is 2.55. The molecule has 0 bridgehead atoms. The molecule has 0 unspecified atom stereocenters. The van der Waals surface area contributed by atoms with Gasteiger partial charge in [-0.05, 0) is 33.6 Å². The van der Waals surface area contributed by atoms with Crippen molar-refractivity contribution in [1.82, 2.24) is 9.78 Å². The molecule has 0 spiro atoms. The number of hydrogen-bond acceptors (Lipinski definition) is 3. The van der Waals surface area contributed by atoms with E-state index in [-0.39, 0.29) is 5.54 Å². The van der Waals surface area contributed by atoms with Crippen molar-refractivity contribution in [2.24, 2.45) is 7.05 Å². The SMILES string of the molecule is Cc1nn(C)c(N2CCCC2(C)C)c1C(=O)O. The van der Waals surface area contributed by atoms with Crippen LogP contribution in [-0.2, 0) is 7.05 Å². The number of aryl methyl sites for hydroxylation is 2. The Morgan fingerprint density at radius 3 is 2.59 bits per heavy atom. The maximum absolute atomic E-state index is 11.3. The van der Waals surface area contributed by atoms with Crippen LogP contribution >= 0.6 is 0 Å². The minimum Gasteiger partial charge on any atom is -0.477 e. The lowest BCUT2D eigenvalue weighted by Crippen LogP contribution is -2.40. The highest BCUT2D eigenvalue weighted by Gasteiger charge is 2.37. The summed E-state index contributed by atoms with van der Waals surface area (Å²) in [5.41, 5.74) is 0.921. The van der Waals surface area contributed by atoms with Gasteiger partial charge in [-0.2, -0.15) is 5.10 Å². The van der Waals surface area contributed by atoms with Gasteiger partial charge in [0.05, 0.1) is 5.69 Å². The van der Waals surface area contributed by atoms with Crippen LogP contribution in [0.3, 0.4) is 0 Å². The third-order valence-electron chi connectivity index (χ3n) is 3.56. The molecule has 1 aromatic rings. The van der Waals surface area contributed by atoms with Gasteiger partial charge in [0.15, 0.2) is 0 Å². The van der Waals surface area contributed by atoms with Crippen LogP contribution in [0.1, 0.15) is 42.7 Å². The van der Waals surface area contributed by atoms with Gasteiger partial charge in [-0.15, -0.1) is 0 Å². The first-order valence-electron chi connectivity index (χ1n) is 5.89. The van der Waals surface area contributed by atoms with Crippen molar-refractivity contribution in [3.63, 3.8) is 0 Å². The first-order valence-corrected chi connectivity index (χ1v) is 5.89. The van der Waals surface area contributed by atoms with Gasteiger partial charge in [0.1, 0.15) is 11.4 Å². The minimum absolute atomic E-state index is 0.00440. The molecule has 94 valence electrons. The Morgan fingerprint density at radius 1 is 1.47 bits per heavy atom. The molecule has 0 saturated carbocycles. The number of anilines is 1. The standard InChI is InChI=1S/C12H19N3O2/c1-8-9(11(16)17)10(14(4)13-8)15-7-5-6-12(15,2)3/h5-7H2,1-4H3,(H,16,17). The zero-order valence-corrected chi connectivity index (χ0v) is 10.8. The van der Waals surface area contributed by atoms with Crippen molar-refractivity contribution < 1.29 is 9.90 Å². The molecule has 1 aliphatic heterocycles. The lowest BCUT2D eigenvalue weighted by atomic mass is 10.0. The summed E-state index contributed by atoms with van der Waals surface area (Å²) in [6, 6.07) is 0. The lowest BCUT2D eigenvalue weighted by Gasteiger charge is -2.33. The first-order chi connectivity index (χ1) is 7.84. The molecule has 1 aliphatic rings. The Morgan fingerprint density at radius 2 is 2.12 bits per heavy atom. The second-order valence-corrected chi connectivity index (χ2v) is 5.28. The van der Waals surface area contributed by atoms with Crippen LogP contribution in [0.4, 0.5) is 5.82 Å². The summed E-state index contributed by atoms with van der Waals surface area (Å²) < 4.78 is 1.69. The zero-order chi connectivity index (χ0) is 12.8. The number of hydrogen-bond donors (Lipinski definition) is 1. The van der Waals surface area contributed by atoms with E-state index in [4.69, 9.17) is 0 Å². The predicted molar refractivity (Wildman–Crippen MR) is 65.6 cm³/mol.